The molecule has 0 radical (unpaired) electrons. The molecule has 3 N–H and O–H groups in total. The Morgan fingerprint density at radius 3 is 1.69 bits per heavy atom. The molecule has 0 bridgehead atoms. The number of hydroxylamine groups is 1. The van der Waals surface area contributed by atoms with E-state index in [1.54, 1.807) is 54.6 Å². The van der Waals surface area contributed by atoms with Crippen molar-refractivity contribution in [3.8, 4) is 0 Å². The van der Waals surface area contributed by atoms with Gasteiger partial charge < -0.3 is 15.3 Å². The highest BCUT2D eigenvalue weighted by Crippen LogP contribution is 2.08. The van der Waals surface area contributed by atoms with E-state index in [2.05, 4.69) is 10.8 Å². The van der Waals surface area contributed by atoms with Crippen molar-refractivity contribution in [3.63, 3.8) is 0 Å². The number of aliphatic carboxylic acids is 1. The molecule has 0 saturated carbocycles. The fourth-order valence-corrected chi connectivity index (χ4v) is 3.12. The Hall–Kier alpha value is -3.97. The van der Waals surface area contributed by atoms with Gasteiger partial charge >= 0.3 is 11.9 Å². The van der Waals surface area contributed by atoms with Gasteiger partial charge in [-0.1, -0.05) is 78.9 Å². The molecule has 0 spiro atoms. The van der Waals surface area contributed by atoms with E-state index in [1.165, 1.54) is 0 Å². The molecule has 0 heterocycles. The summed E-state index contributed by atoms with van der Waals surface area (Å²) in [4.78, 5) is 42.2. The largest absolute Gasteiger partial charge is 0.480 e. The zero-order valence-electron chi connectivity index (χ0n) is 17.3. The van der Waals surface area contributed by atoms with Gasteiger partial charge in [-0.25, -0.2) is 9.59 Å². The van der Waals surface area contributed by atoms with Crippen LogP contribution in [-0.2, 0) is 27.3 Å². The monoisotopic (exact) mass is 432 g/mol. The van der Waals surface area contributed by atoms with Gasteiger partial charge in [-0.05, 0) is 29.7 Å². The van der Waals surface area contributed by atoms with E-state index >= 15 is 0 Å². The fraction of sp³-hybridized carbons (Fsp3) is 0.160. The van der Waals surface area contributed by atoms with Crippen LogP contribution in [-0.4, -0.2) is 35.0 Å². The van der Waals surface area contributed by atoms with Crippen molar-refractivity contribution in [2.24, 2.45) is 0 Å². The van der Waals surface area contributed by atoms with E-state index in [0.717, 1.165) is 11.1 Å². The smallest absolute Gasteiger partial charge is 0.356 e. The Kier molecular flexibility index (Phi) is 8.11. The topological polar surface area (TPSA) is 105 Å². The molecule has 0 aliphatic carbocycles. The van der Waals surface area contributed by atoms with Gasteiger partial charge in [0.25, 0.3) is 0 Å². The maximum Gasteiger partial charge on any atom is 0.356 e. The van der Waals surface area contributed by atoms with Crippen LogP contribution in [0.2, 0.25) is 0 Å². The molecular weight excluding hydrogens is 408 g/mol. The molecule has 2 atom stereocenters. The number of carbonyl (C=O) groups excluding carboxylic acids is 2. The lowest BCUT2D eigenvalue weighted by Gasteiger charge is -2.21. The summed E-state index contributed by atoms with van der Waals surface area (Å²) >= 11 is 0. The third kappa shape index (κ3) is 6.78. The van der Waals surface area contributed by atoms with Crippen molar-refractivity contribution in [1.82, 2.24) is 10.8 Å². The minimum Gasteiger partial charge on any atom is -0.480 e. The van der Waals surface area contributed by atoms with E-state index < -0.39 is 29.9 Å². The molecule has 0 aromatic heterocycles. The summed E-state index contributed by atoms with van der Waals surface area (Å²) in [7, 11) is 0. The lowest BCUT2D eigenvalue weighted by Crippen LogP contribution is -2.52. The Morgan fingerprint density at radius 1 is 0.719 bits per heavy atom. The van der Waals surface area contributed by atoms with Crippen molar-refractivity contribution in [1.29, 1.82) is 0 Å². The van der Waals surface area contributed by atoms with Crippen LogP contribution in [0.5, 0.6) is 0 Å². The van der Waals surface area contributed by atoms with Crippen molar-refractivity contribution in [3.05, 3.63) is 108 Å². The molecule has 1 amide bonds. The SMILES string of the molecule is O=C(ON[C@H](Cc1ccccc1)C(=O)N[C@@H](Cc1ccccc1)C(=O)O)c1ccccc1. The number of hydrogen-bond donors (Lipinski definition) is 3. The second-order valence-corrected chi connectivity index (χ2v) is 7.20. The van der Waals surface area contributed by atoms with Crippen LogP contribution in [0.25, 0.3) is 0 Å². The first-order chi connectivity index (χ1) is 15.5. The Morgan fingerprint density at radius 2 is 1.19 bits per heavy atom. The Labute approximate surface area is 186 Å². The molecule has 7 heteroatoms. The number of hydrogen-bond acceptors (Lipinski definition) is 5. The maximum atomic E-state index is 13.0. The van der Waals surface area contributed by atoms with Crippen LogP contribution in [0.1, 0.15) is 21.5 Å². The van der Waals surface area contributed by atoms with Crippen LogP contribution in [0.3, 0.4) is 0 Å². The van der Waals surface area contributed by atoms with Crippen LogP contribution in [0, 0.1) is 0 Å². The summed E-state index contributed by atoms with van der Waals surface area (Å²) in [5.74, 6) is -2.38. The van der Waals surface area contributed by atoms with E-state index in [-0.39, 0.29) is 12.8 Å². The normalized spacial score (nSPS) is 12.4. The summed E-state index contributed by atoms with van der Waals surface area (Å²) < 4.78 is 0. The Balaban J connectivity index is 1.71. The van der Waals surface area contributed by atoms with Crippen LogP contribution in [0.15, 0.2) is 91.0 Å². The molecule has 0 aliphatic heterocycles. The number of benzene rings is 3. The maximum absolute atomic E-state index is 13.0. The molecule has 0 fully saturated rings. The third-order valence-corrected chi connectivity index (χ3v) is 4.80. The lowest BCUT2D eigenvalue weighted by molar-refractivity contribution is -0.142. The quantitative estimate of drug-likeness (QED) is 0.426. The number of rotatable bonds is 10. The summed E-state index contributed by atoms with van der Waals surface area (Å²) in [5, 5.41) is 12.2. The van der Waals surface area contributed by atoms with Gasteiger partial charge in [0, 0.05) is 6.42 Å². The standard InChI is InChI=1S/C25H24N2O5/c28-23(26-22(24(29)30)17-19-12-6-2-7-13-19)21(16-18-10-4-1-5-11-18)27-32-25(31)20-14-8-3-9-15-20/h1-15,21-22,27H,16-17H2,(H,26,28)(H,29,30)/t21-,22+/m1/s1. The van der Waals surface area contributed by atoms with Gasteiger partial charge in [0.05, 0.1) is 5.56 Å². The summed E-state index contributed by atoms with van der Waals surface area (Å²) in [6.07, 6.45) is 0.330. The molecule has 3 rings (SSSR count). The van der Waals surface area contributed by atoms with Gasteiger partial charge in [0.1, 0.15) is 12.1 Å². The lowest BCUT2D eigenvalue weighted by atomic mass is 10.0. The number of carbonyl (C=O) groups is 3. The number of carboxylic acid groups (broad SMARTS) is 1. The van der Waals surface area contributed by atoms with Gasteiger partial charge in [-0.2, -0.15) is 0 Å². The summed E-state index contributed by atoms with van der Waals surface area (Å²) in [6, 6.07) is 24.5. The first-order valence-corrected chi connectivity index (χ1v) is 10.2. The predicted octanol–water partition coefficient (Wildman–Crippen LogP) is 2.77. The molecule has 164 valence electrons. The average Bonchev–Trinajstić information content (AvgIpc) is 2.82. The molecule has 3 aromatic carbocycles. The van der Waals surface area contributed by atoms with E-state index in [4.69, 9.17) is 4.84 Å². The second-order valence-electron chi connectivity index (χ2n) is 7.20. The van der Waals surface area contributed by atoms with Gasteiger partial charge in [-0.3, -0.25) is 4.79 Å². The zero-order valence-corrected chi connectivity index (χ0v) is 17.3. The first-order valence-electron chi connectivity index (χ1n) is 10.2. The Bertz CT molecular complexity index is 1030. The van der Waals surface area contributed by atoms with E-state index in [1.807, 2.05) is 36.4 Å². The molecule has 0 unspecified atom stereocenters. The molecule has 32 heavy (non-hydrogen) atoms. The van der Waals surface area contributed by atoms with E-state index in [0.29, 0.717) is 5.56 Å². The van der Waals surface area contributed by atoms with Crippen LogP contribution in [0.4, 0.5) is 0 Å². The average molecular weight is 432 g/mol. The minimum atomic E-state index is -1.15. The van der Waals surface area contributed by atoms with Gasteiger partial charge in [-0.15, -0.1) is 5.48 Å². The number of carboxylic acids is 1. The predicted molar refractivity (Wildman–Crippen MR) is 119 cm³/mol. The molecule has 0 aliphatic rings. The summed E-state index contributed by atoms with van der Waals surface area (Å²) in [5.41, 5.74) is 4.45. The van der Waals surface area contributed by atoms with Crippen molar-refractivity contribution >= 4 is 17.8 Å². The van der Waals surface area contributed by atoms with Crippen LogP contribution >= 0.6 is 0 Å². The highest BCUT2D eigenvalue weighted by atomic mass is 16.7. The van der Waals surface area contributed by atoms with Gasteiger partial charge in [0.15, 0.2) is 0 Å². The van der Waals surface area contributed by atoms with Crippen molar-refractivity contribution in [2.45, 2.75) is 24.9 Å². The molecule has 7 nitrogen and oxygen atoms in total. The fourth-order valence-electron chi connectivity index (χ4n) is 3.12. The van der Waals surface area contributed by atoms with Crippen molar-refractivity contribution in [2.75, 3.05) is 0 Å². The summed E-state index contributed by atoms with van der Waals surface area (Å²) in [6.45, 7) is 0. The molecule has 3 aromatic rings. The second kappa shape index (κ2) is 11.4. The first kappa shape index (κ1) is 22.7. The molecule has 0 saturated heterocycles. The van der Waals surface area contributed by atoms with Crippen LogP contribution < -0.4 is 10.8 Å². The highest BCUT2D eigenvalue weighted by molar-refractivity contribution is 5.90. The third-order valence-electron chi connectivity index (χ3n) is 4.80. The highest BCUT2D eigenvalue weighted by Gasteiger charge is 2.27. The van der Waals surface area contributed by atoms with E-state index in [9.17, 15) is 19.5 Å². The number of amides is 1. The number of nitrogens with one attached hydrogen (secondary N) is 2. The van der Waals surface area contributed by atoms with Crippen molar-refractivity contribution < 1.29 is 24.3 Å². The zero-order chi connectivity index (χ0) is 22.8. The molecular formula is C25H24N2O5. The van der Waals surface area contributed by atoms with Gasteiger partial charge in [0.2, 0.25) is 5.91 Å². The minimum absolute atomic E-state index is 0.129.